The average molecular weight is 467 g/mol. The monoisotopic (exact) mass is 466 g/mol. The number of piperazine rings is 1. The number of rotatable bonds is 8. The second-order valence-electron chi connectivity index (χ2n) is 8.96. The number of likely N-dealkylation sites (N-methyl/N-ethyl adjacent to an activating group) is 2. The lowest BCUT2D eigenvalue weighted by molar-refractivity contribution is 0.108. The Hall–Kier alpha value is -3.01. The van der Waals surface area contributed by atoms with Gasteiger partial charge in [0.05, 0.1) is 17.0 Å². The van der Waals surface area contributed by atoms with Crippen LogP contribution >= 0.6 is 0 Å². The molecule has 3 aromatic rings. The molecule has 182 valence electrons. The summed E-state index contributed by atoms with van der Waals surface area (Å²) in [4.78, 5) is 14.5. The van der Waals surface area contributed by atoms with Crippen molar-refractivity contribution in [2.24, 2.45) is 0 Å². The zero-order chi connectivity index (χ0) is 24.2. The van der Waals surface area contributed by atoms with Crippen LogP contribution < -0.4 is 15.0 Å². The lowest BCUT2D eigenvalue weighted by Crippen LogP contribution is -2.50. The number of nitrogens with one attached hydrogen (secondary N) is 1. The number of aromatic nitrogens is 3. The van der Waals surface area contributed by atoms with Crippen molar-refractivity contribution in [2.45, 2.75) is 32.9 Å². The van der Waals surface area contributed by atoms with Gasteiger partial charge in [-0.3, -0.25) is 0 Å². The van der Waals surface area contributed by atoms with Gasteiger partial charge in [-0.15, -0.1) is 0 Å². The van der Waals surface area contributed by atoms with E-state index in [1.54, 1.807) is 7.05 Å². The van der Waals surface area contributed by atoms with Crippen molar-refractivity contribution in [3.05, 3.63) is 41.8 Å². The summed E-state index contributed by atoms with van der Waals surface area (Å²) >= 11 is 0. The highest BCUT2D eigenvalue weighted by Gasteiger charge is 2.24. The van der Waals surface area contributed by atoms with Crippen LogP contribution in [0.4, 0.5) is 5.82 Å². The summed E-state index contributed by atoms with van der Waals surface area (Å²) in [6.45, 7) is 9.48. The van der Waals surface area contributed by atoms with E-state index >= 15 is 0 Å². The molecule has 2 atom stereocenters. The molecule has 9 nitrogen and oxygen atoms in total. The molecule has 1 unspecified atom stereocenters. The Morgan fingerprint density at radius 1 is 1.24 bits per heavy atom. The minimum atomic E-state index is -0.585. The topological polar surface area (TPSA) is 99.8 Å². The zero-order valence-corrected chi connectivity index (χ0v) is 20.6. The molecule has 3 heterocycles. The maximum Gasteiger partial charge on any atom is 0.162 e. The van der Waals surface area contributed by atoms with Gasteiger partial charge in [-0.1, -0.05) is 17.3 Å². The van der Waals surface area contributed by atoms with Crippen molar-refractivity contribution in [1.82, 2.24) is 25.3 Å². The van der Waals surface area contributed by atoms with Crippen molar-refractivity contribution in [2.75, 3.05) is 51.8 Å². The fraction of sp³-hybridized carbons (Fsp3) is 0.480. The van der Waals surface area contributed by atoms with Gasteiger partial charge in [0, 0.05) is 43.9 Å². The first-order valence-corrected chi connectivity index (χ1v) is 11.7. The summed E-state index contributed by atoms with van der Waals surface area (Å²) in [7, 11) is 3.95. The Labute approximate surface area is 200 Å². The molecule has 0 saturated carbocycles. The van der Waals surface area contributed by atoms with Crippen molar-refractivity contribution in [3.8, 4) is 28.4 Å². The third kappa shape index (κ3) is 5.38. The minimum Gasteiger partial charge on any atom is -0.491 e. The summed E-state index contributed by atoms with van der Waals surface area (Å²) in [6, 6.07) is 10.1. The lowest BCUT2D eigenvalue weighted by Gasteiger charge is -2.38. The highest BCUT2D eigenvalue weighted by Crippen LogP contribution is 2.31. The number of aliphatic hydroxyl groups is 1. The van der Waals surface area contributed by atoms with E-state index in [9.17, 15) is 5.11 Å². The molecule has 0 aliphatic carbocycles. The Morgan fingerprint density at radius 3 is 2.76 bits per heavy atom. The lowest BCUT2D eigenvalue weighted by atomic mass is 10.1. The molecular weight excluding hydrogens is 432 g/mol. The van der Waals surface area contributed by atoms with E-state index in [2.05, 4.69) is 34.2 Å². The molecule has 34 heavy (non-hydrogen) atoms. The van der Waals surface area contributed by atoms with Crippen LogP contribution in [0.3, 0.4) is 0 Å². The maximum atomic E-state index is 9.98. The molecule has 2 aromatic heterocycles. The van der Waals surface area contributed by atoms with Crippen LogP contribution in [0.2, 0.25) is 0 Å². The summed E-state index contributed by atoms with van der Waals surface area (Å²) in [5, 5.41) is 17.0. The van der Waals surface area contributed by atoms with E-state index in [1.165, 1.54) is 0 Å². The van der Waals surface area contributed by atoms with Crippen molar-refractivity contribution >= 4 is 5.82 Å². The molecular formula is C25H34N6O3. The van der Waals surface area contributed by atoms with Gasteiger partial charge in [0.25, 0.3) is 0 Å². The fourth-order valence-electron chi connectivity index (χ4n) is 4.17. The fourth-order valence-corrected chi connectivity index (χ4v) is 4.17. The van der Waals surface area contributed by atoms with E-state index in [0.29, 0.717) is 24.2 Å². The number of hydrogen-bond acceptors (Lipinski definition) is 9. The van der Waals surface area contributed by atoms with Gasteiger partial charge < -0.3 is 29.5 Å². The smallest absolute Gasteiger partial charge is 0.162 e. The van der Waals surface area contributed by atoms with Gasteiger partial charge in [-0.2, -0.15) is 0 Å². The molecule has 2 N–H and O–H groups in total. The molecule has 1 fully saturated rings. The van der Waals surface area contributed by atoms with Gasteiger partial charge >= 0.3 is 0 Å². The Morgan fingerprint density at radius 2 is 2.06 bits per heavy atom. The maximum absolute atomic E-state index is 9.98. The number of nitrogens with zero attached hydrogens (tertiary/aromatic N) is 5. The highest BCUT2D eigenvalue weighted by atomic mass is 16.5. The van der Waals surface area contributed by atoms with E-state index in [1.807, 2.05) is 44.2 Å². The van der Waals surface area contributed by atoms with Crippen LogP contribution in [0.15, 0.2) is 34.9 Å². The molecule has 4 rings (SSSR count). The molecule has 0 spiro atoms. The molecule has 1 aliphatic rings. The predicted molar refractivity (Wildman–Crippen MR) is 132 cm³/mol. The van der Waals surface area contributed by atoms with Crippen LogP contribution in [0.5, 0.6) is 5.75 Å². The molecule has 1 saturated heterocycles. The van der Waals surface area contributed by atoms with Crippen molar-refractivity contribution in [1.29, 1.82) is 0 Å². The third-order valence-electron chi connectivity index (χ3n) is 6.26. The van der Waals surface area contributed by atoms with E-state index in [0.717, 1.165) is 53.7 Å². The zero-order valence-electron chi connectivity index (χ0n) is 20.6. The number of aryl methyl sites for hydroxylation is 2. The van der Waals surface area contributed by atoms with Crippen molar-refractivity contribution in [3.63, 3.8) is 0 Å². The van der Waals surface area contributed by atoms with E-state index < -0.39 is 6.10 Å². The predicted octanol–water partition coefficient (Wildman–Crippen LogP) is 2.51. The van der Waals surface area contributed by atoms with Gasteiger partial charge in [0.1, 0.15) is 30.0 Å². The Balaban J connectivity index is 1.71. The SMILES string of the molecule is CNCC(O)COc1cccc(-c2nc(-c3c(C)noc3C)cc(N3CCN(C)[C@H](C)C3)n2)c1. The molecule has 0 radical (unpaired) electrons. The summed E-state index contributed by atoms with van der Waals surface area (Å²) in [5.74, 6) is 2.89. The summed E-state index contributed by atoms with van der Waals surface area (Å²) in [6.07, 6.45) is -0.585. The quantitative estimate of drug-likeness (QED) is 0.519. The van der Waals surface area contributed by atoms with Crippen LogP contribution in [-0.2, 0) is 0 Å². The van der Waals surface area contributed by atoms with Gasteiger partial charge in [0.2, 0.25) is 0 Å². The molecule has 1 aromatic carbocycles. The summed E-state index contributed by atoms with van der Waals surface area (Å²) in [5.41, 5.74) is 3.33. The highest BCUT2D eigenvalue weighted by molar-refractivity contribution is 5.71. The minimum absolute atomic E-state index is 0.203. The normalized spacial score (nSPS) is 17.7. The average Bonchev–Trinajstić information content (AvgIpc) is 3.17. The summed E-state index contributed by atoms with van der Waals surface area (Å²) < 4.78 is 11.2. The first kappa shape index (κ1) is 24.1. The van der Waals surface area contributed by atoms with Gasteiger partial charge in [0.15, 0.2) is 5.82 Å². The number of aliphatic hydroxyl groups excluding tert-OH is 1. The molecule has 9 heteroatoms. The van der Waals surface area contributed by atoms with E-state index in [-0.39, 0.29) is 6.61 Å². The number of benzene rings is 1. The van der Waals surface area contributed by atoms with Crippen LogP contribution in [0, 0.1) is 13.8 Å². The number of ether oxygens (including phenoxy) is 1. The first-order valence-electron chi connectivity index (χ1n) is 11.7. The molecule has 0 bridgehead atoms. The Kier molecular flexibility index (Phi) is 7.45. The van der Waals surface area contributed by atoms with E-state index in [4.69, 9.17) is 19.2 Å². The molecule has 0 amide bonds. The second kappa shape index (κ2) is 10.5. The van der Waals surface area contributed by atoms with Crippen LogP contribution in [0.25, 0.3) is 22.6 Å². The standard InChI is InChI=1S/C25H34N6O3/c1-16-14-31(10-9-30(16)5)23-12-22(24-17(2)29-34-18(24)3)27-25(28-23)19-7-6-8-21(11-19)33-15-20(32)13-26-4/h6-8,11-12,16,20,26,32H,9-10,13-15H2,1-5H3/t16-,20?/m1/s1. The second-order valence-corrected chi connectivity index (χ2v) is 8.96. The third-order valence-corrected chi connectivity index (χ3v) is 6.26. The largest absolute Gasteiger partial charge is 0.491 e. The Bertz CT molecular complexity index is 1100. The number of anilines is 1. The van der Waals surface area contributed by atoms with Crippen LogP contribution in [-0.4, -0.2) is 84.2 Å². The van der Waals surface area contributed by atoms with Gasteiger partial charge in [-0.05, 0) is 47.0 Å². The number of hydrogen-bond donors (Lipinski definition) is 2. The van der Waals surface area contributed by atoms with Crippen molar-refractivity contribution < 1.29 is 14.4 Å². The molecule has 1 aliphatic heterocycles. The van der Waals surface area contributed by atoms with Crippen LogP contribution in [0.1, 0.15) is 18.4 Å². The first-order chi connectivity index (χ1) is 16.4. The van der Waals surface area contributed by atoms with Gasteiger partial charge in [-0.25, -0.2) is 9.97 Å².